The Morgan fingerprint density at radius 3 is 2.45 bits per heavy atom. The Morgan fingerprint density at radius 1 is 1.05 bits per heavy atom. The number of carbonyl (C=O) groups excluding carboxylic acids is 3. The molecule has 218 valence electrons. The highest BCUT2D eigenvalue weighted by molar-refractivity contribution is 6.42. The number of rotatable bonds is 11. The summed E-state index contributed by atoms with van der Waals surface area (Å²) < 4.78 is 6.47. The Kier molecular flexibility index (Phi) is 9.10. The molecule has 5 atom stereocenters. The first-order chi connectivity index (χ1) is 19.3. The molecule has 1 aliphatic carbocycles. The topological polar surface area (TPSA) is 91.0 Å². The van der Waals surface area contributed by atoms with Gasteiger partial charge in [0.2, 0.25) is 17.7 Å². The van der Waals surface area contributed by atoms with E-state index in [2.05, 4.69) is 29.4 Å². The Hall–Kier alpha value is -2.13. The Bertz CT molecular complexity index is 1150. The molecule has 8 nitrogen and oxygen atoms in total. The van der Waals surface area contributed by atoms with Crippen molar-refractivity contribution in [2.24, 2.45) is 11.8 Å². The first-order valence-corrected chi connectivity index (χ1v) is 15.5. The Balaban J connectivity index is 1.41. The van der Waals surface area contributed by atoms with Gasteiger partial charge in [-0.2, -0.15) is 0 Å². The zero-order valence-corrected chi connectivity index (χ0v) is 24.8. The highest BCUT2D eigenvalue weighted by atomic mass is 35.5. The van der Waals surface area contributed by atoms with Crippen LogP contribution in [0.1, 0.15) is 58.8 Å². The standard InChI is InChI=1S/C30H40Cl2N4O4/c1-3-14-35(15-4-2)16-17-36-26(28(38)33-19-8-6-5-7-9-19)30-13-12-23(40-30)24(25(30)29(36)39)27(37)34-20-10-11-21(31)22(32)18-20/h10-13,18-19,23-26H,3-9,14-17H2,1-2H3,(H,33,38)(H,34,37). The predicted octanol–water partition coefficient (Wildman–Crippen LogP) is 4.65. The minimum Gasteiger partial charge on any atom is -0.359 e. The average molecular weight is 592 g/mol. The van der Waals surface area contributed by atoms with Crippen molar-refractivity contribution in [1.82, 2.24) is 15.1 Å². The van der Waals surface area contributed by atoms with Gasteiger partial charge in [-0.25, -0.2) is 0 Å². The zero-order valence-electron chi connectivity index (χ0n) is 23.3. The molecule has 5 unspecified atom stereocenters. The average Bonchev–Trinajstić information content (AvgIpc) is 3.57. The summed E-state index contributed by atoms with van der Waals surface area (Å²) in [6.45, 7) is 7.20. The van der Waals surface area contributed by atoms with Crippen LogP contribution in [0.3, 0.4) is 0 Å². The van der Waals surface area contributed by atoms with Crippen molar-refractivity contribution < 1.29 is 19.1 Å². The SMILES string of the molecule is CCCN(CCC)CCN1C(=O)C2C(C(=O)Nc3ccc(Cl)c(Cl)c3)C3C=CC2(O3)C1C(=O)NC1CCCCC1. The van der Waals surface area contributed by atoms with Gasteiger partial charge in [0, 0.05) is 24.8 Å². The molecule has 3 fully saturated rings. The van der Waals surface area contributed by atoms with Gasteiger partial charge in [-0.3, -0.25) is 14.4 Å². The molecule has 1 aromatic rings. The van der Waals surface area contributed by atoms with Crippen LogP contribution in [0, 0.1) is 11.8 Å². The van der Waals surface area contributed by atoms with Gasteiger partial charge < -0.3 is 25.2 Å². The van der Waals surface area contributed by atoms with E-state index in [1.807, 2.05) is 12.2 Å². The van der Waals surface area contributed by atoms with E-state index in [4.69, 9.17) is 27.9 Å². The predicted molar refractivity (Wildman–Crippen MR) is 156 cm³/mol. The molecule has 3 amide bonds. The Labute approximate surface area is 246 Å². The molecular weight excluding hydrogens is 551 g/mol. The van der Waals surface area contributed by atoms with Crippen LogP contribution < -0.4 is 10.6 Å². The fraction of sp³-hybridized carbons (Fsp3) is 0.633. The first-order valence-electron chi connectivity index (χ1n) is 14.7. The highest BCUT2D eigenvalue weighted by Crippen LogP contribution is 2.55. The third-order valence-electron chi connectivity index (χ3n) is 8.80. The summed E-state index contributed by atoms with van der Waals surface area (Å²) in [7, 11) is 0. The largest absolute Gasteiger partial charge is 0.359 e. The number of nitrogens with zero attached hydrogens (tertiary/aromatic N) is 2. The number of ether oxygens (including phenoxy) is 1. The fourth-order valence-corrected chi connectivity index (χ4v) is 7.35. The lowest BCUT2D eigenvalue weighted by Gasteiger charge is -2.35. The van der Waals surface area contributed by atoms with Gasteiger partial charge in [0.1, 0.15) is 11.6 Å². The number of nitrogens with one attached hydrogen (secondary N) is 2. The molecule has 5 rings (SSSR count). The van der Waals surface area contributed by atoms with Crippen molar-refractivity contribution >= 4 is 46.6 Å². The van der Waals surface area contributed by atoms with E-state index in [9.17, 15) is 14.4 Å². The van der Waals surface area contributed by atoms with Gasteiger partial charge in [0.05, 0.1) is 28.0 Å². The van der Waals surface area contributed by atoms with Crippen molar-refractivity contribution in [2.75, 3.05) is 31.5 Å². The minimum absolute atomic E-state index is 0.0988. The van der Waals surface area contributed by atoms with Gasteiger partial charge in [-0.05, 0) is 57.0 Å². The number of hydrogen-bond donors (Lipinski definition) is 2. The van der Waals surface area contributed by atoms with Crippen molar-refractivity contribution in [3.8, 4) is 0 Å². The van der Waals surface area contributed by atoms with Crippen LogP contribution >= 0.6 is 23.2 Å². The molecule has 2 saturated heterocycles. The third-order valence-corrected chi connectivity index (χ3v) is 9.54. The molecule has 1 saturated carbocycles. The van der Waals surface area contributed by atoms with E-state index in [0.717, 1.165) is 51.6 Å². The third kappa shape index (κ3) is 5.52. The van der Waals surface area contributed by atoms with Crippen molar-refractivity contribution in [1.29, 1.82) is 0 Å². The fourth-order valence-electron chi connectivity index (χ4n) is 7.05. The minimum atomic E-state index is -1.17. The summed E-state index contributed by atoms with van der Waals surface area (Å²) >= 11 is 12.2. The number of amides is 3. The molecule has 1 spiro atoms. The molecule has 4 aliphatic rings. The summed E-state index contributed by atoms with van der Waals surface area (Å²) in [5.41, 5.74) is -0.676. The molecule has 2 bridgehead atoms. The van der Waals surface area contributed by atoms with Gasteiger partial charge in [0.25, 0.3) is 0 Å². The smallest absolute Gasteiger partial charge is 0.246 e. The summed E-state index contributed by atoms with van der Waals surface area (Å²) in [6.07, 6.45) is 10.4. The summed E-state index contributed by atoms with van der Waals surface area (Å²) in [5, 5.41) is 6.86. The highest BCUT2D eigenvalue weighted by Gasteiger charge is 2.72. The van der Waals surface area contributed by atoms with Crippen LogP contribution in [-0.4, -0.2) is 77.5 Å². The number of fused-ring (bicyclic) bond motifs is 1. The van der Waals surface area contributed by atoms with Crippen LogP contribution in [0.2, 0.25) is 10.0 Å². The summed E-state index contributed by atoms with van der Waals surface area (Å²) in [5.74, 6) is -2.25. The number of anilines is 1. The van der Waals surface area contributed by atoms with E-state index in [1.165, 1.54) is 6.42 Å². The second-order valence-electron chi connectivity index (χ2n) is 11.5. The van der Waals surface area contributed by atoms with E-state index >= 15 is 0 Å². The lowest BCUT2D eigenvalue weighted by molar-refractivity contribution is -0.141. The van der Waals surface area contributed by atoms with E-state index in [1.54, 1.807) is 23.1 Å². The van der Waals surface area contributed by atoms with Gasteiger partial charge in [0.15, 0.2) is 0 Å². The maximum absolute atomic E-state index is 14.2. The molecule has 3 aliphatic heterocycles. The van der Waals surface area contributed by atoms with Crippen LogP contribution in [0.5, 0.6) is 0 Å². The van der Waals surface area contributed by atoms with E-state index < -0.39 is 29.6 Å². The summed E-state index contributed by atoms with van der Waals surface area (Å²) in [4.78, 5) is 45.8. The molecular formula is C30H40Cl2N4O4. The van der Waals surface area contributed by atoms with Crippen molar-refractivity contribution in [2.45, 2.75) is 82.6 Å². The molecule has 1 aromatic carbocycles. The molecule has 3 heterocycles. The number of halogens is 2. The zero-order chi connectivity index (χ0) is 28.4. The van der Waals surface area contributed by atoms with Gasteiger partial charge in [-0.15, -0.1) is 0 Å². The van der Waals surface area contributed by atoms with E-state index in [-0.39, 0.29) is 23.8 Å². The molecule has 10 heteroatoms. The van der Waals surface area contributed by atoms with Crippen LogP contribution in [-0.2, 0) is 19.1 Å². The van der Waals surface area contributed by atoms with Gasteiger partial charge >= 0.3 is 0 Å². The number of likely N-dealkylation sites (tertiary alicyclic amines) is 1. The summed E-state index contributed by atoms with van der Waals surface area (Å²) in [6, 6.07) is 4.15. The number of benzene rings is 1. The molecule has 0 aromatic heterocycles. The van der Waals surface area contributed by atoms with Crippen LogP contribution in [0.15, 0.2) is 30.4 Å². The van der Waals surface area contributed by atoms with Crippen LogP contribution in [0.25, 0.3) is 0 Å². The first kappa shape index (κ1) is 29.4. The number of hydrogen-bond acceptors (Lipinski definition) is 5. The normalized spacial score (nSPS) is 29.3. The quantitative estimate of drug-likeness (QED) is 0.366. The second-order valence-corrected chi connectivity index (χ2v) is 12.4. The van der Waals surface area contributed by atoms with Gasteiger partial charge in [-0.1, -0.05) is 68.5 Å². The monoisotopic (exact) mass is 590 g/mol. The number of carbonyl (C=O) groups is 3. The maximum atomic E-state index is 14.2. The lowest BCUT2D eigenvalue weighted by Crippen LogP contribution is -2.57. The van der Waals surface area contributed by atoms with E-state index in [0.29, 0.717) is 28.8 Å². The Morgan fingerprint density at radius 2 is 1.77 bits per heavy atom. The molecule has 2 N–H and O–H groups in total. The lowest BCUT2D eigenvalue weighted by atomic mass is 9.74. The van der Waals surface area contributed by atoms with Crippen molar-refractivity contribution in [3.63, 3.8) is 0 Å². The molecule has 40 heavy (non-hydrogen) atoms. The van der Waals surface area contributed by atoms with Crippen LogP contribution in [0.4, 0.5) is 5.69 Å². The molecule has 0 radical (unpaired) electrons. The second kappa shape index (κ2) is 12.4. The van der Waals surface area contributed by atoms with Crippen molar-refractivity contribution in [3.05, 3.63) is 40.4 Å². The maximum Gasteiger partial charge on any atom is 0.246 e.